The lowest BCUT2D eigenvalue weighted by atomic mass is 9.74. The summed E-state index contributed by atoms with van der Waals surface area (Å²) in [6.07, 6.45) is -0.132. The van der Waals surface area contributed by atoms with E-state index in [-0.39, 0.29) is 5.92 Å². The first-order valence-electron chi connectivity index (χ1n) is 5.55. The maximum absolute atomic E-state index is 10.0. The van der Waals surface area contributed by atoms with Gasteiger partial charge < -0.3 is 10.2 Å². The van der Waals surface area contributed by atoms with Crippen molar-refractivity contribution >= 4 is 0 Å². The normalized spacial score (nSPS) is 17.6. The standard InChI is InChI=1S/C12H26O2/c1-8(2)7-10(13)12(5,6)11(14)9(3)4/h8-11,13-14H,7H2,1-6H3. The monoisotopic (exact) mass is 202 g/mol. The van der Waals surface area contributed by atoms with Crippen LogP contribution >= 0.6 is 0 Å². The van der Waals surface area contributed by atoms with E-state index in [4.69, 9.17) is 0 Å². The molecule has 2 N–H and O–H groups in total. The van der Waals surface area contributed by atoms with E-state index in [1.54, 1.807) is 0 Å². The van der Waals surface area contributed by atoms with Gasteiger partial charge in [0, 0.05) is 5.41 Å². The van der Waals surface area contributed by atoms with Gasteiger partial charge >= 0.3 is 0 Å². The number of aliphatic hydroxyl groups excluding tert-OH is 2. The van der Waals surface area contributed by atoms with E-state index >= 15 is 0 Å². The Morgan fingerprint density at radius 3 is 1.71 bits per heavy atom. The molecular formula is C12H26O2. The molecule has 2 nitrogen and oxygen atoms in total. The molecule has 0 rings (SSSR count). The average molecular weight is 202 g/mol. The van der Waals surface area contributed by atoms with Gasteiger partial charge in [0.25, 0.3) is 0 Å². The zero-order chi connectivity index (χ0) is 11.5. The number of aliphatic hydroxyl groups is 2. The minimum absolute atomic E-state index is 0.187. The van der Waals surface area contributed by atoms with Gasteiger partial charge in [0.1, 0.15) is 0 Å². The Bertz CT molecular complexity index is 162. The van der Waals surface area contributed by atoms with E-state index in [1.807, 2.05) is 27.7 Å². The first-order valence-corrected chi connectivity index (χ1v) is 5.55. The molecule has 0 saturated carbocycles. The Morgan fingerprint density at radius 1 is 1.00 bits per heavy atom. The third-order valence-electron chi connectivity index (χ3n) is 2.95. The molecule has 0 aliphatic heterocycles. The first-order chi connectivity index (χ1) is 6.19. The number of hydrogen-bond acceptors (Lipinski definition) is 2. The van der Waals surface area contributed by atoms with Crippen molar-refractivity contribution < 1.29 is 10.2 Å². The second-order valence-corrected chi connectivity index (χ2v) is 5.66. The van der Waals surface area contributed by atoms with Crippen molar-refractivity contribution in [2.24, 2.45) is 17.3 Å². The Kier molecular flexibility index (Phi) is 5.10. The summed E-state index contributed by atoms with van der Waals surface area (Å²) < 4.78 is 0. The molecule has 0 aromatic heterocycles. The lowest BCUT2D eigenvalue weighted by Crippen LogP contribution is -2.43. The Balaban J connectivity index is 4.43. The van der Waals surface area contributed by atoms with Crippen LogP contribution in [-0.2, 0) is 0 Å². The van der Waals surface area contributed by atoms with Crippen molar-refractivity contribution in [1.82, 2.24) is 0 Å². The highest BCUT2D eigenvalue weighted by molar-refractivity contribution is 4.86. The highest BCUT2D eigenvalue weighted by atomic mass is 16.3. The second-order valence-electron chi connectivity index (χ2n) is 5.66. The minimum atomic E-state index is -0.448. The molecule has 0 aromatic rings. The van der Waals surface area contributed by atoms with E-state index in [0.29, 0.717) is 5.92 Å². The zero-order valence-electron chi connectivity index (χ0n) is 10.4. The lowest BCUT2D eigenvalue weighted by molar-refractivity contribution is -0.0741. The number of rotatable bonds is 5. The van der Waals surface area contributed by atoms with Gasteiger partial charge in [-0.2, -0.15) is 0 Å². The van der Waals surface area contributed by atoms with Crippen LogP contribution in [0.2, 0.25) is 0 Å². The van der Waals surface area contributed by atoms with Crippen molar-refractivity contribution in [3.63, 3.8) is 0 Å². The van der Waals surface area contributed by atoms with E-state index in [2.05, 4.69) is 13.8 Å². The van der Waals surface area contributed by atoms with Gasteiger partial charge in [-0.15, -0.1) is 0 Å². The largest absolute Gasteiger partial charge is 0.392 e. The van der Waals surface area contributed by atoms with Gasteiger partial charge in [0.2, 0.25) is 0 Å². The molecule has 14 heavy (non-hydrogen) atoms. The zero-order valence-corrected chi connectivity index (χ0v) is 10.4. The van der Waals surface area contributed by atoms with Crippen LogP contribution in [0.15, 0.2) is 0 Å². The minimum Gasteiger partial charge on any atom is -0.392 e. The van der Waals surface area contributed by atoms with Crippen molar-refractivity contribution in [3.05, 3.63) is 0 Å². The Labute approximate surface area is 88.3 Å². The quantitative estimate of drug-likeness (QED) is 0.719. The first kappa shape index (κ1) is 13.9. The summed E-state index contributed by atoms with van der Waals surface area (Å²) in [5.41, 5.74) is -0.418. The molecule has 0 saturated heterocycles. The van der Waals surface area contributed by atoms with Crippen molar-refractivity contribution in [1.29, 1.82) is 0 Å². The average Bonchev–Trinajstić information content (AvgIpc) is 2.01. The lowest BCUT2D eigenvalue weighted by Gasteiger charge is -2.38. The molecule has 0 aromatic carbocycles. The fourth-order valence-electron chi connectivity index (χ4n) is 1.81. The van der Waals surface area contributed by atoms with Gasteiger partial charge in [-0.3, -0.25) is 0 Å². The van der Waals surface area contributed by atoms with Crippen LogP contribution in [-0.4, -0.2) is 22.4 Å². The van der Waals surface area contributed by atoms with Crippen molar-refractivity contribution in [3.8, 4) is 0 Å². The summed E-state index contributed by atoms with van der Waals surface area (Å²) in [7, 11) is 0. The summed E-state index contributed by atoms with van der Waals surface area (Å²) in [5.74, 6) is 0.649. The molecule has 0 spiro atoms. The maximum Gasteiger partial charge on any atom is 0.0638 e. The van der Waals surface area contributed by atoms with Gasteiger partial charge in [0.05, 0.1) is 12.2 Å². The van der Waals surface area contributed by atoms with Crippen molar-refractivity contribution in [2.45, 2.75) is 60.2 Å². The highest BCUT2D eigenvalue weighted by Crippen LogP contribution is 2.32. The molecule has 0 amide bonds. The summed E-state index contributed by atoms with van der Waals surface area (Å²) in [6.45, 7) is 12.0. The molecule has 2 atom stereocenters. The van der Waals surface area contributed by atoms with Gasteiger partial charge in [0.15, 0.2) is 0 Å². The Hall–Kier alpha value is -0.0800. The predicted octanol–water partition coefficient (Wildman–Crippen LogP) is 2.44. The van der Waals surface area contributed by atoms with Crippen molar-refractivity contribution in [2.75, 3.05) is 0 Å². The SMILES string of the molecule is CC(C)CC(O)C(C)(C)C(O)C(C)C. The third-order valence-corrected chi connectivity index (χ3v) is 2.95. The second kappa shape index (κ2) is 5.13. The van der Waals surface area contributed by atoms with Crippen LogP contribution in [0.1, 0.15) is 48.0 Å². The fraction of sp³-hybridized carbons (Fsp3) is 1.00. The van der Waals surface area contributed by atoms with E-state index in [0.717, 1.165) is 6.42 Å². The molecule has 0 aliphatic rings. The molecule has 2 heteroatoms. The Morgan fingerprint density at radius 2 is 1.43 bits per heavy atom. The highest BCUT2D eigenvalue weighted by Gasteiger charge is 2.36. The molecule has 0 aliphatic carbocycles. The predicted molar refractivity (Wildman–Crippen MR) is 60.1 cm³/mol. The van der Waals surface area contributed by atoms with Crippen LogP contribution in [0.3, 0.4) is 0 Å². The summed E-state index contributed by atoms with van der Waals surface area (Å²) in [5, 5.41) is 20.0. The van der Waals surface area contributed by atoms with Gasteiger partial charge in [-0.1, -0.05) is 41.5 Å². The molecule has 86 valence electrons. The summed E-state index contributed by atoms with van der Waals surface area (Å²) >= 11 is 0. The van der Waals surface area contributed by atoms with Gasteiger partial charge in [-0.05, 0) is 18.3 Å². The van der Waals surface area contributed by atoms with Gasteiger partial charge in [-0.25, -0.2) is 0 Å². The molecule has 0 radical (unpaired) electrons. The van der Waals surface area contributed by atoms with Crippen LogP contribution in [0.4, 0.5) is 0 Å². The third kappa shape index (κ3) is 3.58. The fourth-order valence-corrected chi connectivity index (χ4v) is 1.81. The molecule has 0 bridgehead atoms. The smallest absolute Gasteiger partial charge is 0.0638 e. The van der Waals surface area contributed by atoms with E-state index in [1.165, 1.54) is 0 Å². The van der Waals surface area contributed by atoms with Crippen LogP contribution < -0.4 is 0 Å². The van der Waals surface area contributed by atoms with E-state index in [9.17, 15) is 10.2 Å². The van der Waals surface area contributed by atoms with E-state index < -0.39 is 17.6 Å². The maximum atomic E-state index is 10.0. The van der Waals surface area contributed by atoms with Crippen LogP contribution in [0, 0.1) is 17.3 Å². The molecule has 2 unspecified atom stereocenters. The molecule has 0 heterocycles. The topological polar surface area (TPSA) is 40.5 Å². The summed E-state index contributed by atoms with van der Waals surface area (Å²) in [6, 6.07) is 0. The number of hydrogen-bond donors (Lipinski definition) is 2. The molecule has 0 fully saturated rings. The molecular weight excluding hydrogens is 176 g/mol. The summed E-state index contributed by atoms with van der Waals surface area (Å²) in [4.78, 5) is 0. The van der Waals surface area contributed by atoms with Crippen LogP contribution in [0.5, 0.6) is 0 Å². The van der Waals surface area contributed by atoms with Crippen LogP contribution in [0.25, 0.3) is 0 Å².